The quantitative estimate of drug-likeness (QED) is 0.292. The van der Waals surface area contributed by atoms with E-state index in [4.69, 9.17) is 9.61 Å². The number of nitriles is 1. The molecule has 2 amide bonds. The van der Waals surface area contributed by atoms with Gasteiger partial charge >= 0.3 is 0 Å². The standard InChI is InChI=1S/C30H32F4N8O3/c31-29(32)8-4-17(5-9-29)23(39-27(44)25-24(16-2-3-16)40-45-41-25)20-14-42-21(37-20)10-18(13-36-42)26(28(15-35)6-1-7-28)38-22(43)11-19-12-30(19,33)34/h10,13-14,16-17,19,23,26H,1-9,11-12H2,(H,38,43)(H,39,44)/t19-,23-,26-/m0/s1. The minimum atomic E-state index is -2.84. The monoisotopic (exact) mass is 628 g/mol. The average Bonchev–Trinajstić information content (AvgIpc) is 3.78. The molecule has 2 N–H and O–H groups in total. The highest BCUT2D eigenvalue weighted by Crippen LogP contribution is 2.52. The minimum absolute atomic E-state index is 0.0673. The lowest BCUT2D eigenvalue weighted by molar-refractivity contribution is -0.124. The van der Waals surface area contributed by atoms with E-state index >= 15 is 0 Å². The number of nitrogens with one attached hydrogen (secondary N) is 2. The number of alkyl halides is 4. The SMILES string of the molecule is N#CC1([C@@H](NC(=O)C[C@H]2CC2(F)F)c2cnn3cc([C@@H](NC(=O)c4nonc4C4CC4)C4CCC(F)(F)CC4)nc3c2)CCC1. The number of rotatable bonds is 10. The maximum atomic E-state index is 14.1. The number of carbonyl (C=O) groups excluding carboxylic acids is 2. The smallest absolute Gasteiger partial charge is 0.276 e. The summed E-state index contributed by atoms with van der Waals surface area (Å²) in [6.45, 7) is 0. The van der Waals surface area contributed by atoms with Gasteiger partial charge in [-0.25, -0.2) is 31.7 Å². The molecule has 0 saturated heterocycles. The molecule has 0 radical (unpaired) electrons. The summed E-state index contributed by atoms with van der Waals surface area (Å²) in [5.41, 5.74) is 0.887. The number of halogens is 4. The maximum absolute atomic E-state index is 14.1. The van der Waals surface area contributed by atoms with Crippen LogP contribution in [0.5, 0.6) is 0 Å². The number of nitrogens with zero attached hydrogens (tertiary/aromatic N) is 6. The summed E-state index contributed by atoms with van der Waals surface area (Å²) < 4.78 is 61.5. The molecule has 4 aliphatic rings. The lowest BCUT2D eigenvalue weighted by Crippen LogP contribution is -2.44. The number of aromatic nitrogens is 5. The van der Waals surface area contributed by atoms with E-state index in [1.54, 1.807) is 12.3 Å². The molecule has 238 valence electrons. The van der Waals surface area contributed by atoms with Crippen molar-refractivity contribution in [3.8, 4) is 6.07 Å². The van der Waals surface area contributed by atoms with Crippen LogP contribution in [0.25, 0.3) is 5.65 Å². The predicted octanol–water partition coefficient (Wildman–Crippen LogP) is 5.18. The van der Waals surface area contributed by atoms with Crippen LogP contribution in [0.2, 0.25) is 0 Å². The zero-order valence-corrected chi connectivity index (χ0v) is 24.3. The van der Waals surface area contributed by atoms with Crippen molar-refractivity contribution in [2.75, 3.05) is 0 Å². The van der Waals surface area contributed by atoms with E-state index in [0.717, 1.165) is 19.3 Å². The first-order chi connectivity index (χ1) is 21.5. The average molecular weight is 629 g/mol. The van der Waals surface area contributed by atoms with Crippen LogP contribution in [0.4, 0.5) is 17.6 Å². The number of carbonyl (C=O) groups is 2. The molecule has 4 fully saturated rings. The minimum Gasteiger partial charge on any atom is -0.348 e. The Kier molecular flexibility index (Phi) is 7.09. The van der Waals surface area contributed by atoms with Crippen LogP contribution in [0.3, 0.4) is 0 Å². The van der Waals surface area contributed by atoms with Gasteiger partial charge in [-0.15, -0.1) is 0 Å². The molecule has 4 aliphatic carbocycles. The Morgan fingerprint density at radius 2 is 1.82 bits per heavy atom. The van der Waals surface area contributed by atoms with Crippen molar-refractivity contribution < 1.29 is 31.8 Å². The molecular formula is C30H32F4N8O3. The molecule has 0 unspecified atom stereocenters. The van der Waals surface area contributed by atoms with Gasteiger partial charge in [0.1, 0.15) is 5.69 Å². The summed E-state index contributed by atoms with van der Waals surface area (Å²) >= 11 is 0. The van der Waals surface area contributed by atoms with Crippen LogP contribution in [0, 0.1) is 28.6 Å². The molecule has 45 heavy (non-hydrogen) atoms. The fourth-order valence-electron chi connectivity index (χ4n) is 6.73. The van der Waals surface area contributed by atoms with Crippen molar-refractivity contribution in [1.82, 2.24) is 35.5 Å². The lowest BCUT2D eigenvalue weighted by Gasteiger charge is -2.42. The lowest BCUT2D eigenvalue weighted by atomic mass is 9.63. The molecule has 0 aliphatic heterocycles. The van der Waals surface area contributed by atoms with Crippen molar-refractivity contribution in [2.45, 2.75) is 100 Å². The Labute approximate surface area is 255 Å². The van der Waals surface area contributed by atoms with Crippen LogP contribution in [0.1, 0.15) is 116 Å². The Morgan fingerprint density at radius 3 is 2.44 bits per heavy atom. The van der Waals surface area contributed by atoms with E-state index in [0.29, 0.717) is 35.4 Å². The third-order valence-electron chi connectivity index (χ3n) is 9.94. The second-order valence-corrected chi connectivity index (χ2v) is 13.2. The molecule has 0 aromatic carbocycles. The van der Waals surface area contributed by atoms with E-state index in [9.17, 15) is 32.4 Å². The molecule has 3 aromatic heterocycles. The molecule has 0 bridgehead atoms. The largest absolute Gasteiger partial charge is 0.348 e. The first-order valence-electron chi connectivity index (χ1n) is 15.4. The van der Waals surface area contributed by atoms with Gasteiger partial charge in [-0.3, -0.25) is 9.59 Å². The van der Waals surface area contributed by atoms with Gasteiger partial charge in [-0.1, -0.05) is 11.6 Å². The Balaban J connectivity index is 1.18. The van der Waals surface area contributed by atoms with Crippen molar-refractivity contribution in [3.63, 3.8) is 0 Å². The molecule has 3 atom stereocenters. The first-order valence-corrected chi connectivity index (χ1v) is 15.4. The molecular weight excluding hydrogens is 596 g/mol. The van der Waals surface area contributed by atoms with Gasteiger partial charge in [0.25, 0.3) is 11.8 Å². The van der Waals surface area contributed by atoms with Crippen molar-refractivity contribution in [1.29, 1.82) is 5.26 Å². The number of hydrogen-bond acceptors (Lipinski definition) is 8. The Bertz CT molecular complexity index is 1660. The summed E-state index contributed by atoms with van der Waals surface area (Å²) in [5, 5.41) is 28.0. The van der Waals surface area contributed by atoms with Crippen LogP contribution in [-0.4, -0.2) is 48.6 Å². The van der Waals surface area contributed by atoms with Crippen molar-refractivity contribution in [3.05, 3.63) is 41.1 Å². The number of imidazole rings is 1. The molecule has 3 aromatic rings. The van der Waals surface area contributed by atoms with Gasteiger partial charge in [-0.2, -0.15) is 10.4 Å². The molecule has 7 rings (SSSR count). The normalized spacial score (nSPS) is 24.6. The van der Waals surface area contributed by atoms with Gasteiger partial charge < -0.3 is 10.6 Å². The highest BCUT2D eigenvalue weighted by Gasteiger charge is 2.57. The molecule has 11 nitrogen and oxygen atoms in total. The second-order valence-electron chi connectivity index (χ2n) is 13.2. The third kappa shape index (κ3) is 5.75. The molecule has 15 heteroatoms. The summed E-state index contributed by atoms with van der Waals surface area (Å²) in [6.07, 6.45) is 5.74. The zero-order chi connectivity index (χ0) is 31.6. The van der Waals surface area contributed by atoms with E-state index < -0.39 is 47.1 Å². The van der Waals surface area contributed by atoms with E-state index in [2.05, 4.69) is 32.1 Å². The van der Waals surface area contributed by atoms with Crippen LogP contribution in [0.15, 0.2) is 23.1 Å². The van der Waals surface area contributed by atoms with Gasteiger partial charge in [0.05, 0.1) is 41.7 Å². The van der Waals surface area contributed by atoms with Gasteiger partial charge in [-0.05, 0) is 61.2 Å². The Hall–Kier alpha value is -4.09. The van der Waals surface area contributed by atoms with Gasteiger partial charge in [0, 0.05) is 37.5 Å². The van der Waals surface area contributed by atoms with Gasteiger partial charge in [0.15, 0.2) is 11.3 Å². The van der Waals surface area contributed by atoms with Crippen LogP contribution in [-0.2, 0) is 4.79 Å². The molecule has 3 heterocycles. The van der Waals surface area contributed by atoms with E-state index in [1.165, 1.54) is 10.7 Å². The van der Waals surface area contributed by atoms with Crippen LogP contribution < -0.4 is 10.6 Å². The maximum Gasteiger partial charge on any atom is 0.276 e. The second kappa shape index (κ2) is 10.8. The van der Waals surface area contributed by atoms with E-state index in [-0.39, 0.29) is 56.1 Å². The van der Waals surface area contributed by atoms with Crippen molar-refractivity contribution in [2.24, 2.45) is 17.3 Å². The fraction of sp³-hybridized carbons (Fsp3) is 0.633. The summed E-state index contributed by atoms with van der Waals surface area (Å²) in [5.74, 6) is -7.95. The van der Waals surface area contributed by atoms with E-state index in [1.807, 2.05) is 0 Å². The third-order valence-corrected chi connectivity index (χ3v) is 9.94. The molecule has 0 spiro atoms. The summed E-state index contributed by atoms with van der Waals surface area (Å²) in [4.78, 5) is 30.9. The first kappa shape index (κ1) is 29.6. The highest BCUT2D eigenvalue weighted by molar-refractivity contribution is 5.93. The van der Waals surface area contributed by atoms with Crippen molar-refractivity contribution >= 4 is 17.5 Å². The summed E-state index contributed by atoms with van der Waals surface area (Å²) in [7, 11) is 0. The topological polar surface area (TPSA) is 151 Å². The fourth-order valence-corrected chi connectivity index (χ4v) is 6.73. The zero-order valence-electron chi connectivity index (χ0n) is 24.3. The number of amides is 2. The van der Waals surface area contributed by atoms with Crippen LogP contribution >= 0.6 is 0 Å². The highest BCUT2D eigenvalue weighted by atomic mass is 19.3. The summed E-state index contributed by atoms with van der Waals surface area (Å²) in [6, 6.07) is 2.48. The Morgan fingerprint density at radius 1 is 1.09 bits per heavy atom. The predicted molar refractivity (Wildman–Crippen MR) is 147 cm³/mol. The number of hydrogen-bond donors (Lipinski definition) is 2. The van der Waals surface area contributed by atoms with Gasteiger partial charge in [0.2, 0.25) is 11.8 Å². The molecule has 4 saturated carbocycles. The number of fused-ring (bicyclic) bond motifs is 1.